The number of nitrogens with one attached hydrogen (secondary N) is 2. The molecule has 0 aliphatic rings. The number of hydrogen-bond acceptors (Lipinski definition) is 4. The van der Waals surface area contributed by atoms with Crippen molar-refractivity contribution in [1.82, 2.24) is 0 Å². The molecule has 6 aromatic rings. The lowest BCUT2D eigenvalue weighted by molar-refractivity contribution is -0.123. The van der Waals surface area contributed by atoms with Crippen LogP contribution in [0.2, 0.25) is 0 Å². The van der Waals surface area contributed by atoms with Crippen LogP contribution in [-0.2, 0) is 9.59 Å². The lowest BCUT2D eigenvalue weighted by atomic mass is 10.1. The van der Waals surface area contributed by atoms with Gasteiger partial charge in [-0.1, -0.05) is 123 Å². The van der Waals surface area contributed by atoms with Crippen molar-refractivity contribution >= 4 is 34.0 Å². The third-order valence-electron chi connectivity index (χ3n) is 8.24. The molecule has 6 rings (SSSR count). The van der Waals surface area contributed by atoms with Gasteiger partial charge in [0.05, 0.1) is 0 Å². The quantitative estimate of drug-likeness (QED) is 0.141. The van der Waals surface area contributed by atoms with E-state index in [9.17, 15) is 9.59 Å². The van der Waals surface area contributed by atoms with Crippen LogP contribution in [0.1, 0.15) is 26.7 Å². The predicted octanol–water partition coefficient (Wildman–Crippen LogP) is 9.77. The Morgan fingerprint density at radius 1 is 0.458 bits per heavy atom. The van der Waals surface area contributed by atoms with Crippen LogP contribution in [0, 0.1) is 0 Å². The van der Waals surface area contributed by atoms with Crippen molar-refractivity contribution in [1.29, 1.82) is 0 Å². The van der Waals surface area contributed by atoms with E-state index in [1.54, 1.807) is 0 Å². The van der Waals surface area contributed by atoms with Gasteiger partial charge in [0.1, 0.15) is 11.5 Å². The van der Waals surface area contributed by atoms with Crippen molar-refractivity contribution in [3.63, 3.8) is 0 Å². The van der Waals surface area contributed by atoms with Crippen molar-refractivity contribution in [3.8, 4) is 33.8 Å². The van der Waals surface area contributed by atoms with Gasteiger partial charge in [-0.05, 0) is 71.5 Å². The standard InChI is InChI=1S/C42H38N2O4/c1-3-39(47-33-25-21-31(22-26-33)29-13-7-5-8-14-29)41(45)43-37-19-11-18-36-35(37)17-12-20-38(36)44-42(46)40(4-2)48-34-27-23-32(24-28-34)30-15-9-6-10-16-30/h5-28,39-40H,3-4H2,1-2H3,(H,43,45)(H,44,46). The molecule has 2 N–H and O–H groups in total. The lowest BCUT2D eigenvalue weighted by Crippen LogP contribution is -2.32. The summed E-state index contributed by atoms with van der Waals surface area (Å²) in [6.07, 6.45) is -0.387. The summed E-state index contributed by atoms with van der Waals surface area (Å²) >= 11 is 0. The Morgan fingerprint density at radius 3 is 1.17 bits per heavy atom. The highest BCUT2D eigenvalue weighted by molar-refractivity contribution is 6.10. The fourth-order valence-electron chi connectivity index (χ4n) is 5.64. The van der Waals surface area contributed by atoms with Gasteiger partial charge in [0.15, 0.2) is 12.2 Å². The number of benzene rings is 6. The van der Waals surface area contributed by atoms with Gasteiger partial charge in [-0.15, -0.1) is 0 Å². The number of carbonyl (C=O) groups is 2. The lowest BCUT2D eigenvalue weighted by Gasteiger charge is -2.20. The maximum atomic E-state index is 13.4. The second-order valence-electron chi connectivity index (χ2n) is 11.5. The molecule has 0 aliphatic carbocycles. The average molecular weight is 635 g/mol. The van der Waals surface area contributed by atoms with E-state index in [2.05, 4.69) is 34.9 Å². The number of carbonyl (C=O) groups excluding carboxylic acids is 2. The molecule has 0 aliphatic heterocycles. The highest BCUT2D eigenvalue weighted by Gasteiger charge is 2.22. The molecule has 0 bridgehead atoms. The number of fused-ring (bicyclic) bond motifs is 1. The van der Waals surface area contributed by atoms with E-state index in [0.717, 1.165) is 33.0 Å². The first-order valence-corrected chi connectivity index (χ1v) is 16.3. The minimum absolute atomic E-state index is 0.246. The summed E-state index contributed by atoms with van der Waals surface area (Å²) in [6, 6.07) is 47.0. The number of rotatable bonds is 12. The van der Waals surface area contributed by atoms with Crippen LogP contribution in [0.25, 0.3) is 33.0 Å². The van der Waals surface area contributed by atoms with Gasteiger partial charge in [-0.3, -0.25) is 9.59 Å². The van der Waals surface area contributed by atoms with Gasteiger partial charge in [0.25, 0.3) is 11.8 Å². The van der Waals surface area contributed by atoms with Gasteiger partial charge in [-0.25, -0.2) is 0 Å². The van der Waals surface area contributed by atoms with Crippen LogP contribution < -0.4 is 20.1 Å². The zero-order chi connectivity index (χ0) is 33.3. The predicted molar refractivity (Wildman–Crippen MR) is 194 cm³/mol. The minimum atomic E-state index is -0.685. The van der Waals surface area contributed by atoms with Crippen LogP contribution in [-0.4, -0.2) is 24.0 Å². The minimum Gasteiger partial charge on any atom is -0.481 e. The smallest absolute Gasteiger partial charge is 0.265 e. The molecular weight excluding hydrogens is 596 g/mol. The maximum Gasteiger partial charge on any atom is 0.265 e. The van der Waals surface area contributed by atoms with E-state index in [1.165, 1.54) is 0 Å². The van der Waals surface area contributed by atoms with Gasteiger partial charge in [0.2, 0.25) is 0 Å². The molecule has 0 saturated carbocycles. The van der Waals surface area contributed by atoms with Gasteiger partial charge in [0, 0.05) is 22.1 Å². The molecule has 0 saturated heterocycles. The third kappa shape index (κ3) is 7.56. The number of amides is 2. The molecule has 0 spiro atoms. The Balaban J connectivity index is 1.12. The molecule has 6 nitrogen and oxygen atoms in total. The first-order chi connectivity index (χ1) is 23.5. The maximum absolute atomic E-state index is 13.4. The molecule has 0 fully saturated rings. The molecule has 2 unspecified atom stereocenters. The van der Waals surface area contributed by atoms with Crippen molar-refractivity contribution in [2.45, 2.75) is 38.9 Å². The fraction of sp³-hybridized carbons (Fsp3) is 0.143. The molecule has 0 heterocycles. The monoisotopic (exact) mass is 634 g/mol. The molecule has 6 heteroatoms. The summed E-state index contributed by atoms with van der Waals surface area (Å²) in [6.45, 7) is 3.84. The van der Waals surface area contributed by atoms with Crippen LogP contribution in [0.4, 0.5) is 11.4 Å². The largest absolute Gasteiger partial charge is 0.481 e. The van der Waals surface area contributed by atoms with E-state index in [0.29, 0.717) is 35.7 Å². The van der Waals surface area contributed by atoms with E-state index in [4.69, 9.17) is 9.47 Å². The molecule has 2 amide bonds. The van der Waals surface area contributed by atoms with E-state index >= 15 is 0 Å². The number of hydrogen-bond donors (Lipinski definition) is 2. The van der Waals surface area contributed by atoms with E-state index in [-0.39, 0.29) is 11.8 Å². The SMILES string of the molecule is CCC(Oc1ccc(-c2ccccc2)cc1)C(=O)Nc1cccc2c(NC(=O)C(CC)Oc3ccc(-c4ccccc4)cc3)cccc12. The van der Waals surface area contributed by atoms with E-state index < -0.39 is 12.2 Å². The second kappa shape index (κ2) is 15.1. The summed E-state index contributed by atoms with van der Waals surface area (Å²) in [4.78, 5) is 26.8. The fourth-order valence-corrected chi connectivity index (χ4v) is 5.64. The second-order valence-corrected chi connectivity index (χ2v) is 11.5. The van der Waals surface area contributed by atoms with Crippen LogP contribution in [0.15, 0.2) is 146 Å². The summed E-state index contributed by atoms with van der Waals surface area (Å²) in [5.41, 5.74) is 5.66. The van der Waals surface area contributed by atoms with Crippen LogP contribution >= 0.6 is 0 Å². The first kappa shape index (κ1) is 32.1. The Hall–Kier alpha value is -5.88. The summed E-state index contributed by atoms with van der Waals surface area (Å²) in [5.74, 6) is 0.757. The van der Waals surface area contributed by atoms with Crippen LogP contribution in [0.5, 0.6) is 11.5 Å². The zero-order valence-electron chi connectivity index (χ0n) is 27.1. The molecule has 0 aromatic heterocycles. The van der Waals surface area contributed by atoms with Gasteiger partial charge in [-0.2, -0.15) is 0 Å². The van der Waals surface area contributed by atoms with Crippen LogP contribution in [0.3, 0.4) is 0 Å². The summed E-state index contributed by atoms with van der Waals surface area (Å²) < 4.78 is 12.2. The topological polar surface area (TPSA) is 76.7 Å². The zero-order valence-corrected chi connectivity index (χ0v) is 27.1. The Labute approximate surface area is 281 Å². The average Bonchev–Trinajstić information content (AvgIpc) is 3.14. The van der Waals surface area contributed by atoms with Gasteiger partial charge < -0.3 is 20.1 Å². The van der Waals surface area contributed by atoms with Crippen molar-refractivity contribution in [2.75, 3.05) is 10.6 Å². The highest BCUT2D eigenvalue weighted by Crippen LogP contribution is 2.31. The van der Waals surface area contributed by atoms with Gasteiger partial charge >= 0.3 is 0 Å². The molecule has 6 aromatic carbocycles. The Morgan fingerprint density at radius 2 is 0.812 bits per heavy atom. The van der Waals surface area contributed by atoms with E-state index in [1.807, 2.05) is 135 Å². The molecule has 2 atom stereocenters. The number of ether oxygens (including phenoxy) is 2. The first-order valence-electron chi connectivity index (χ1n) is 16.3. The highest BCUT2D eigenvalue weighted by atomic mass is 16.5. The normalized spacial score (nSPS) is 12.1. The molecular formula is C42H38N2O4. The molecule has 240 valence electrons. The summed E-state index contributed by atoms with van der Waals surface area (Å²) in [7, 11) is 0. The van der Waals surface area contributed by atoms with Crippen molar-refractivity contribution < 1.29 is 19.1 Å². The third-order valence-corrected chi connectivity index (χ3v) is 8.24. The number of anilines is 2. The summed E-state index contributed by atoms with van der Waals surface area (Å²) in [5, 5.41) is 7.72. The Bertz CT molecular complexity index is 1830. The van der Waals surface area contributed by atoms with Crippen molar-refractivity contribution in [2.24, 2.45) is 0 Å². The molecule has 0 radical (unpaired) electrons. The van der Waals surface area contributed by atoms with Crippen molar-refractivity contribution in [3.05, 3.63) is 146 Å². The Kier molecular flexibility index (Phi) is 10.1. The molecule has 48 heavy (non-hydrogen) atoms.